The van der Waals surface area contributed by atoms with Crippen molar-refractivity contribution in [2.45, 2.75) is 12.5 Å². The molecule has 1 unspecified atom stereocenters. The molecular weight excluding hydrogens is 220 g/mol. The van der Waals surface area contributed by atoms with Crippen molar-refractivity contribution in [3.63, 3.8) is 0 Å². The summed E-state index contributed by atoms with van der Waals surface area (Å²) in [4.78, 5) is 3.40. The maximum atomic E-state index is 4.81. The summed E-state index contributed by atoms with van der Waals surface area (Å²) >= 11 is 0. The number of aromatic amines is 1. The van der Waals surface area contributed by atoms with Gasteiger partial charge >= 0.3 is 0 Å². The number of nitrogens with zero attached hydrogens (tertiary/aromatic N) is 1. The predicted molar refractivity (Wildman–Crippen MR) is 73.0 cm³/mol. The van der Waals surface area contributed by atoms with Gasteiger partial charge in [-0.25, -0.2) is 0 Å². The number of fused-ring (bicyclic) bond motifs is 2. The molecule has 2 heteroatoms. The van der Waals surface area contributed by atoms with Gasteiger partial charge in [0.2, 0.25) is 0 Å². The summed E-state index contributed by atoms with van der Waals surface area (Å²) in [6, 6.07) is 17.1. The first kappa shape index (κ1) is 9.77. The smallest absolute Gasteiger partial charge is 0.0951 e. The first-order valence-electron chi connectivity index (χ1n) is 6.26. The van der Waals surface area contributed by atoms with Gasteiger partial charge in [-0.3, -0.25) is 5.32 Å². The van der Waals surface area contributed by atoms with Gasteiger partial charge < -0.3 is 4.98 Å². The summed E-state index contributed by atoms with van der Waals surface area (Å²) in [6.07, 6.45) is 3.07. The number of hydrogen-bond acceptors (Lipinski definition) is 0. The van der Waals surface area contributed by atoms with Gasteiger partial charge in [0.05, 0.1) is 11.7 Å². The Morgan fingerprint density at radius 2 is 1.83 bits per heavy atom. The standard InChI is InChI=1S/C16H13N2/c1-3-7-13-12(6-1)10-17-16(13)15-9-11-5-2-4-8-14(11)18-15/h1-8,10,15,17H,9H2. The van der Waals surface area contributed by atoms with Crippen LogP contribution >= 0.6 is 0 Å². The van der Waals surface area contributed by atoms with Gasteiger partial charge in [-0.15, -0.1) is 0 Å². The Labute approximate surface area is 106 Å². The molecule has 0 spiro atoms. The fourth-order valence-electron chi connectivity index (χ4n) is 2.77. The van der Waals surface area contributed by atoms with Crippen molar-refractivity contribution >= 4 is 16.5 Å². The van der Waals surface area contributed by atoms with Crippen LogP contribution in [0, 0.1) is 0 Å². The van der Waals surface area contributed by atoms with Crippen molar-refractivity contribution in [1.82, 2.24) is 10.3 Å². The number of benzene rings is 2. The SMILES string of the molecule is c1ccc2c(c1)CC(c1[nH]cc3ccccc13)[N]2. The number of aromatic nitrogens is 1. The molecule has 0 fully saturated rings. The molecule has 1 aliphatic heterocycles. The van der Waals surface area contributed by atoms with Crippen LogP contribution in [0.2, 0.25) is 0 Å². The minimum atomic E-state index is 0.238. The molecule has 0 amide bonds. The van der Waals surface area contributed by atoms with Crippen LogP contribution in [-0.4, -0.2) is 4.98 Å². The van der Waals surface area contributed by atoms with Crippen LogP contribution in [-0.2, 0) is 6.42 Å². The van der Waals surface area contributed by atoms with E-state index in [9.17, 15) is 0 Å². The van der Waals surface area contributed by atoms with Crippen LogP contribution in [0.3, 0.4) is 0 Å². The molecule has 2 heterocycles. The number of hydrogen-bond donors (Lipinski definition) is 1. The Kier molecular flexibility index (Phi) is 1.97. The van der Waals surface area contributed by atoms with Gasteiger partial charge in [0.25, 0.3) is 0 Å². The summed E-state index contributed by atoms with van der Waals surface area (Å²) < 4.78 is 0. The highest BCUT2D eigenvalue weighted by Crippen LogP contribution is 2.36. The largest absolute Gasteiger partial charge is 0.362 e. The zero-order valence-corrected chi connectivity index (χ0v) is 9.93. The van der Waals surface area contributed by atoms with E-state index in [4.69, 9.17) is 5.32 Å². The van der Waals surface area contributed by atoms with E-state index in [1.807, 2.05) is 0 Å². The third-order valence-corrected chi connectivity index (χ3v) is 3.67. The summed E-state index contributed by atoms with van der Waals surface area (Å²) in [6.45, 7) is 0. The van der Waals surface area contributed by atoms with Crippen molar-refractivity contribution < 1.29 is 0 Å². The molecule has 1 aliphatic rings. The van der Waals surface area contributed by atoms with E-state index in [1.165, 1.54) is 22.0 Å². The molecule has 0 saturated carbocycles. The highest BCUT2D eigenvalue weighted by atomic mass is 15.0. The zero-order chi connectivity index (χ0) is 11.9. The molecule has 1 aromatic heterocycles. The van der Waals surface area contributed by atoms with Crippen LogP contribution in [0.25, 0.3) is 10.8 Å². The molecular formula is C16H13N2. The molecule has 0 saturated heterocycles. The Morgan fingerprint density at radius 1 is 1.00 bits per heavy atom. The van der Waals surface area contributed by atoms with E-state index in [-0.39, 0.29) is 6.04 Å². The number of H-pyrrole nitrogens is 1. The minimum absolute atomic E-state index is 0.238. The molecule has 18 heavy (non-hydrogen) atoms. The van der Waals surface area contributed by atoms with Gasteiger partial charge in [0.15, 0.2) is 0 Å². The van der Waals surface area contributed by atoms with E-state index < -0.39 is 0 Å². The maximum absolute atomic E-state index is 4.81. The molecule has 4 rings (SSSR count). The van der Waals surface area contributed by atoms with Gasteiger partial charge in [0.1, 0.15) is 0 Å². The molecule has 2 nitrogen and oxygen atoms in total. The predicted octanol–water partition coefficient (Wildman–Crippen LogP) is 3.70. The third-order valence-electron chi connectivity index (χ3n) is 3.67. The van der Waals surface area contributed by atoms with Gasteiger partial charge in [0, 0.05) is 23.7 Å². The highest BCUT2D eigenvalue weighted by molar-refractivity contribution is 5.85. The lowest BCUT2D eigenvalue weighted by Gasteiger charge is -2.07. The van der Waals surface area contributed by atoms with Crippen LogP contribution in [0.1, 0.15) is 17.3 Å². The van der Waals surface area contributed by atoms with Crippen molar-refractivity contribution in [2.75, 3.05) is 0 Å². The van der Waals surface area contributed by atoms with Gasteiger partial charge in [-0.2, -0.15) is 0 Å². The molecule has 1 atom stereocenters. The molecule has 2 aromatic carbocycles. The lowest BCUT2D eigenvalue weighted by molar-refractivity contribution is 0.654. The van der Waals surface area contributed by atoms with Crippen LogP contribution in [0.5, 0.6) is 0 Å². The fourth-order valence-corrected chi connectivity index (χ4v) is 2.77. The zero-order valence-electron chi connectivity index (χ0n) is 9.93. The van der Waals surface area contributed by atoms with E-state index in [0.717, 1.165) is 12.1 Å². The van der Waals surface area contributed by atoms with Crippen LogP contribution in [0.15, 0.2) is 54.7 Å². The Balaban J connectivity index is 1.78. The van der Waals surface area contributed by atoms with E-state index >= 15 is 0 Å². The number of para-hydroxylation sites is 1. The molecule has 87 valence electrons. The quantitative estimate of drug-likeness (QED) is 0.664. The Hall–Kier alpha value is -2.22. The second-order valence-electron chi connectivity index (χ2n) is 4.77. The van der Waals surface area contributed by atoms with Gasteiger partial charge in [-0.1, -0.05) is 42.5 Å². The van der Waals surface area contributed by atoms with E-state index in [0.29, 0.717) is 0 Å². The van der Waals surface area contributed by atoms with Crippen molar-refractivity contribution in [3.8, 4) is 0 Å². The maximum Gasteiger partial charge on any atom is 0.0951 e. The van der Waals surface area contributed by atoms with Crippen molar-refractivity contribution in [1.29, 1.82) is 0 Å². The second kappa shape index (κ2) is 3.64. The van der Waals surface area contributed by atoms with Crippen molar-refractivity contribution in [2.24, 2.45) is 0 Å². The average molecular weight is 233 g/mol. The molecule has 1 N–H and O–H groups in total. The molecule has 0 bridgehead atoms. The summed E-state index contributed by atoms with van der Waals surface area (Å²) in [5.74, 6) is 0. The minimum Gasteiger partial charge on any atom is -0.362 e. The van der Waals surface area contributed by atoms with Crippen LogP contribution < -0.4 is 5.32 Å². The van der Waals surface area contributed by atoms with E-state index in [1.54, 1.807) is 0 Å². The molecule has 3 aromatic rings. The Bertz CT molecular complexity index is 687. The lowest BCUT2D eigenvalue weighted by Crippen LogP contribution is -2.05. The fraction of sp³-hybridized carbons (Fsp3) is 0.125. The van der Waals surface area contributed by atoms with E-state index in [2.05, 4.69) is 59.7 Å². The summed E-state index contributed by atoms with van der Waals surface area (Å²) in [7, 11) is 0. The first-order valence-corrected chi connectivity index (χ1v) is 6.26. The third kappa shape index (κ3) is 1.35. The Morgan fingerprint density at radius 3 is 2.78 bits per heavy atom. The monoisotopic (exact) mass is 233 g/mol. The number of nitrogens with one attached hydrogen (secondary N) is 1. The molecule has 1 radical (unpaired) electrons. The highest BCUT2D eigenvalue weighted by Gasteiger charge is 2.25. The number of rotatable bonds is 1. The normalized spacial score (nSPS) is 17.7. The van der Waals surface area contributed by atoms with Gasteiger partial charge in [-0.05, 0) is 17.0 Å². The first-order chi connectivity index (χ1) is 8.92. The topological polar surface area (TPSA) is 29.9 Å². The lowest BCUT2D eigenvalue weighted by atomic mass is 10.0. The van der Waals surface area contributed by atoms with Crippen LogP contribution in [0.4, 0.5) is 5.69 Å². The van der Waals surface area contributed by atoms with Crippen molar-refractivity contribution in [3.05, 3.63) is 66.0 Å². The molecule has 0 aliphatic carbocycles. The summed E-state index contributed by atoms with van der Waals surface area (Å²) in [5.41, 5.74) is 3.73. The second-order valence-corrected chi connectivity index (χ2v) is 4.77. The average Bonchev–Trinajstić information content (AvgIpc) is 3.02. The summed E-state index contributed by atoms with van der Waals surface area (Å²) in [5, 5.41) is 7.37.